The lowest BCUT2D eigenvalue weighted by atomic mass is 9.93. The maximum absolute atomic E-state index is 9.83. The molecule has 0 saturated heterocycles. The van der Waals surface area contributed by atoms with Gasteiger partial charge in [0, 0.05) is 0 Å². The van der Waals surface area contributed by atoms with Crippen LogP contribution in [-0.4, -0.2) is 11.2 Å². The summed E-state index contributed by atoms with van der Waals surface area (Å²) in [5.41, 5.74) is 0. The lowest BCUT2D eigenvalue weighted by molar-refractivity contribution is 0.135. The van der Waals surface area contributed by atoms with Crippen molar-refractivity contribution in [2.75, 3.05) is 0 Å². The lowest BCUT2D eigenvalue weighted by Gasteiger charge is -2.17. The molecule has 2 unspecified atom stereocenters. The summed E-state index contributed by atoms with van der Waals surface area (Å²) in [5.74, 6) is 1.59. The highest BCUT2D eigenvalue weighted by Gasteiger charge is 2.10. The average Bonchev–Trinajstić information content (AvgIpc) is 2.27. The Hall–Kier alpha value is -0.0400. The van der Waals surface area contributed by atoms with E-state index in [9.17, 15) is 5.11 Å². The first-order valence-electron chi connectivity index (χ1n) is 6.81. The smallest absolute Gasteiger partial charge is 0.0540 e. The van der Waals surface area contributed by atoms with Gasteiger partial charge in [0.2, 0.25) is 0 Å². The van der Waals surface area contributed by atoms with Crippen molar-refractivity contribution in [3.05, 3.63) is 0 Å². The third kappa shape index (κ3) is 7.84. The molecule has 0 aromatic carbocycles. The first-order valence-corrected chi connectivity index (χ1v) is 6.81. The quantitative estimate of drug-likeness (QED) is 0.603. The number of aliphatic hydroxyl groups is 1. The third-order valence-electron chi connectivity index (χ3n) is 3.75. The summed E-state index contributed by atoms with van der Waals surface area (Å²) in [7, 11) is 0. The summed E-state index contributed by atoms with van der Waals surface area (Å²) in [6.07, 6.45) is 8.08. The predicted molar refractivity (Wildman–Crippen MR) is 68.0 cm³/mol. The van der Waals surface area contributed by atoms with E-state index in [2.05, 4.69) is 27.7 Å². The zero-order valence-corrected chi connectivity index (χ0v) is 11.1. The van der Waals surface area contributed by atoms with E-state index in [-0.39, 0.29) is 6.10 Å². The third-order valence-corrected chi connectivity index (χ3v) is 3.75. The highest BCUT2D eigenvalue weighted by Crippen LogP contribution is 2.19. The van der Waals surface area contributed by atoms with E-state index in [0.29, 0.717) is 0 Å². The van der Waals surface area contributed by atoms with Crippen molar-refractivity contribution in [2.24, 2.45) is 11.8 Å². The van der Waals surface area contributed by atoms with Crippen molar-refractivity contribution in [1.29, 1.82) is 0 Å². The van der Waals surface area contributed by atoms with Crippen LogP contribution in [0.4, 0.5) is 0 Å². The minimum atomic E-state index is -0.0559. The van der Waals surface area contributed by atoms with E-state index in [0.717, 1.165) is 24.7 Å². The topological polar surface area (TPSA) is 20.2 Å². The first-order chi connectivity index (χ1) is 7.13. The van der Waals surface area contributed by atoms with Gasteiger partial charge < -0.3 is 5.11 Å². The maximum Gasteiger partial charge on any atom is 0.0540 e. The Kier molecular flexibility index (Phi) is 9.18. The predicted octanol–water partition coefficient (Wildman–Crippen LogP) is 4.39. The van der Waals surface area contributed by atoms with Crippen molar-refractivity contribution >= 4 is 0 Å². The maximum atomic E-state index is 9.83. The van der Waals surface area contributed by atoms with Gasteiger partial charge in [-0.1, -0.05) is 47.0 Å². The van der Waals surface area contributed by atoms with Gasteiger partial charge in [-0.3, -0.25) is 0 Å². The lowest BCUT2D eigenvalue weighted by Crippen LogP contribution is -2.11. The molecule has 1 heteroatoms. The summed E-state index contributed by atoms with van der Waals surface area (Å²) in [4.78, 5) is 0. The van der Waals surface area contributed by atoms with Gasteiger partial charge in [-0.15, -0.1) is 0 Å². The molecule has 0 aromatic heterocycles. The van der Waals surface area contributed by atoms with Crippen molar-refractivity contribution in [1.82, 2.24) is 0 Å². The molecule has 0 rings (SSSR count). The molecule has 0 aliphatic carbocycles. The Bertz CT molecular complexity index is 129. The molecule has 0 radical (unpaired) electrons. The average molecular weight is 214 g/mol. The molecule has 1 nitrogen and oxygen atoms in total. The molecule has 0 aliphatic heterocycles. The zero-order valence-electron chi connectivity index (χ0n) is 11.1. The standard InChI is InChI=1S/C14H30O/c1-5-12(4)8-10-14(15)11-9-13(6-2)7-3/h12-15H,5-11H2,1-4H3. The van der Waals surface area contributed by atoms with Gasteiger partial charge >= 0.3 is 0 Å². The zero-order chi connectivity index (χ0) is 11.7. The van der Waals surface area contributed by atoms with Gasteiger partial charge in [-0.05, 0) is 37.5 Å². The van der Waals surface area contributed by atoms with Gasteiger partial charge in [0.1, 0.15) is 0 Å². The minimum Gasteiger partial charge on any atom is -0.393 e. The second-order valence-electron chi connectivity index (χ2n) is 5.00. The molecule has 0 aliphatic rings. The fourth-order valence-electron chi connectivity index (χ4n) is 1.95. The molecule has 0 spiro atoms. The summed E-state index contributed by atoms with van der Waals surface area (Å²) in [5, 5.41) is 9.83. The van der Waals surface area contributed by atoms with Crippen LogP contribution in [-0.2, 0) is 0 Å². The van der Waals surface area contributed by atoms with E-state index >= 15 is 0 Å². The monoisotopic (exact) mass is 214 g/mol. The highest BCUT2D eigenvalue weighted by molar-refractivity contribution is 4.63. The fourth-order valence-corrected chi connectivity index (χ4v) is 1.95. The summed E-state index contributed by atoms with van der Waals surface area (Å²) in [6, 6.07) is 0. The number of rotatable bonds is 9. The van der Waals surface area contributed by atoms with Crippen molar-refractivity contribution < 1.29 is 5.11 Å². The normalized spacial score (nSPS) is 15.6. The van der Waals surface area contributed by atoms with Crippen molar-refractivity contribution in [2.45, 2.75) is 78.7 Å². The molecule has 0 aromatic rings. The molecule has 92 valence electrons. The van der Waals surface area contributed by atoms with Crippen molar-refractivity contribution in [3.63, 3.8) is 0 Å². The van der Waals surface area contributed by atoms with Crippen LogP contribution in [0.1, 0.15) is 72.6 Å². The molecular formula is C14H30O. The van der Waals surface area contributed by atoms with E-state index in [1.165, 1.54) is 32.1 Å². The molecule has 0 saturated carbocycles. The van der Waals surface area contributed by atoms with Gasteiger partial charge in [-0.2, -0.15) is 0 Å². The van der Waals surface area contributed by atoms with Gasteiger partial charge in [0.25, 0.3) is 0 Å². The minimum absolute atomic E-state index is 0.0559. The van der Waals surface area contributed by atoms with Crippen LogP contribution in [0.5, 0.6) is 0 Å². The number of aliphatic hydroxyl groups excluding tert-OH is 1. The van der Waals surface area contributed by atoms with Crippen LogP contribution >= 0.6 is 0 Å². The van der Waals surface area contributed by atoms with E-state index in [1.54, 1.807) is 0 Å². The highest BCUT2D eigenvalue weighted by atomic mass is 16.3. The molecule has 0 fully saturated rings. The van der Waals surface area contributed by atoms with Crippen LogP contribution in [0.2, 0.25) is 0 Å². The molecule has 0 amide bonds. The molecule has 2 atom stereocenters. The van der Waals surface area contributed by atoms with E-state index in [4.69, 9.17) is 0 Å². The molecule has 1 N–H and O–H groups in total. The Morgan fingerprint density at radius 2 is 1.33 bits per heavy atom. The van der Waals surface area contributed by atoms with E-state index in [1.807, 2.05) is 0 Å². The largest absolute Gasteiger partial charge is 0.393 e. The van der Waals surface area contributed by atoms with Crippen LogP contribution in [0.15, 0.2) is 0 Å². The van der Waals surface area contributed by atoms with Crippen LogP contribution < -0.4 is 0 Å². The fraction of sp³-hybridized carbons (Fsp3) is 1.00. The Morgan fingerprint density at radius 1 is 0.800 bits per heavy atom. The van der Waals surface area contributed by atoms with Crippen molar-refractivity contribution in [3.8, 4) is 0 Å². The Balaban J connectivity index is 3.51. The number of hydrogen-bond donors (Lipinski definition) is 1. The van der Waals surface area contributed by atoms with Gasteiger partial charge in [0.15, 0.2) is 0 Å². The second kappa shape index (κ2) is 9.21. The van der Waals surface area contributed by atoms with Crippen LogP contribution in [0.3, 0.4) is 0 Å². The van der Waals surface area contributed by atoms with Crippen LogP contribution in [0.25, 0.3) is 0 Å². The Labute approximate surface area is 96.3 Å². The molecule has 0 bridgehead atoms. The summed E-state index contributed by atoms with van der Waals surface area (Å²) < 4.78 is 0. The SMILES string of the molecule is CCC(C)CCC(O)CCC(CC)CC. The summed E-state index contributed by atoms with van der Waals surface area (Å²) >= 11 is 0. The van der Waals surface area contributed by atoms with E-state index < -0.39 is 0 Å². The second-order valence-corrected chi connectivity index (χ2v) is 5.00. The summed E-state index contributed by atoms with van der Waals surface area (Å²) in [6.45, 7) is 8.99. The molecule has 0 heterocycles. The van der Waals surface area contributed by atoms with Crippen LogP contribution in [0, 0.1) is 11.8 Å². The van der Waals surface area contributed by atoms with Gasteiger partial charge in [-0.25, -0.2) is 0 Å². The Morgan fingerprint density at radius 3 is 1.80 bits per heavy atom. The number of hydrogen-bond acceptors (Lipinski definition) is 1. The molecule has 15 heavy (non-hydrogen) atoms. The first kappa shape index (κ1) is 15.0. The van der Waals surface area contributed by atoms with Gasteiger partial charge in [0.05, 0.1) is 6.10 Å². The molecular weight excluding hydrogens is 184 g/mol.